The van der Waals surface area contributed by atoms with Crippen LogP contribution in [0.15, 0.2) is 0 Å². The number of H-pyrrole nitrogens is 1. The Balaban J connectivity index is 1.59. The van der Waals surface area contributed by atoms with E-state index in [1.165, 1.54) is 12.8 Å². The van der Waals surface area contributed by atoms with Crippen LogP contribution >= 0.6 is 0 Å². The molecule has 1 aromatic heterocycles. The third-order valence-corrected chi connectivity index (χ3v) is 4.23. The van der Waals surface area contributed by atoms with Gasteiger partial charge in [0, 0.05) is 19.1 Å². The molecule has 20 heavy (non-hydrogen) atoms. The highest BCUT2D eigenvalue weighted by Gasteiger charge is 2.36. The highest BCUT2D eigenvalue weighted by Crippen LogP contribution is 2.30. The number of aromatic nitrogens is 3. The van der Waals surface area contributed by atoms with E-state index in [1.54, 1.807) is 0 Å². The van der Waals surface area contributed by atoms with Crippen molar-refractivity contribution in [1.82, 2.24) is 20.5 Å². The summed E-state index contributed by atoms with van der Waals surface area (Å²) in [6, 6.07) is 0.579. The maximum atomic E-state index is 12.5. The molecule has 0 amide bonds. The number of piperidine rings is 1. The molecule has 112 valence electrons. The van der Waals surface area contributed by atoms with Crippen molar-refractivity contribution in [3.05, 3.63) is 5.82 Å². The second kappa shape index (κ2) is 5.23. The first kappa shape index (κ1) is 13.7. The molecule has 0 bridgehead atoms. The molecule has 2 aliphatic rings. The van der Waals surface area contributed by atoms with Crippen LogP contribution in [0.5, 0.6) is 0 Å². The normalized spacial score (nSPS) is 25.4. The molecule has 0 saturated carbocycles. The lowest BCUT2D eigenvalue weighted by atomic mass is 9.89. The van der Waals surface area contributed by atoms with Crippen LogP contribution in [0.2, 0.25) is 0 Å². The van der Waals surface area contributed by atoms with E-state index >= 15 is 0 Å². The molecule has 3 heterocycles. The van der Waals surface area contributed by atoms with E-state index in [0.717, 1.165) is 32.5 Å². The second-order valence-electron chi connectivity index (χ2n) is 5.51. The summed E-state index contributed by atoms with van der Waals surface area (Å²) in [5, 5.41) is 9.15. The Morgan fingerprint density at radius 2 is 1.90 bits per heavy atom. The van der Waals surface area contributed by atoms with Crippen molar-refractivity contribution < 1.29 is 13.2 Å². The van der Waals surface area contributed by atoms with Gasteiger partial charge < -0.3 is 10.2 Å². The smallest absolute Gasteiger partial charge is 0.340 e. The molecular formula is C12H18F3N5. The number of nitrogens with one attached hydrogen (secondary N) is 2. The average Bonchev–Trinajstić information content (AvgIpc) is 3.10. The molecule has 2 aliphatic heterocycles. The first-order valence-electron chi connectivity index (χ1n) is 7.02. The minimum atomic E-state index is -4.46. The minimum Gasteiger partial charge on any atom is -0.340 e. The van der Waals surface area contributed by atoms with Gasteiger partial charge in [0.05, 0.1) is 0 Å². The lowest BCUT2D eigenvalue weighted by Crippen LogP contribution is -2.41. The standard InChI is InChI=1S/C12H18F3N5/c13-12(14,15)10-17-11(19-18-10)20-6-3-8(4-7-20)9-2-1-5-16-9/h8-9,16H,1-7H2,(H,17,18,19). The molecule has 8 heteroatoms. The first-order chi connectivity index (χ1) is 9.54. The number of anilines is 1. The molecule has 2 N–H and O–H groups in total. The van der Waals surface area contributed by atoms with Gasteiger partial charge in [-0.1, -0.05) is 0 Å². The zero-order valence-electron chi connectivity index (χ0n) is 11.1. The number of hydrogen-bond donors (Lipinski definition) is 2. The summed E-state index contributed by atoms with van der Waals surface area (Å²) in [4.78, 5) is 5.38. The summed E-state index contributed by atoms with van der Waals surface area (Å²) in [7, 11) is 0. The summed E-state index contributed by atoms with van der Waals surface area (Å²) in [6.45, 7) is 2.52. The lowest BCUT2D eigenvalue weighted by Gasteiger charge is -2.34. The van der Waals surface area contributed by atoms with Crippen LogP contribution in [0, 0.1) is 5.92 Å². The number of nitrogens with zero attached hydrogens (tertiary/aromatic N) is 3. The number of rotatable bonds is 2. The predicted octanol–water partition coefficient (Wildman–Crippen LogP) is 1.79. The van der Waals surface area contributed by atoms with Gasteiger partial charge in [-0.15, -0.1) is 5.10 Å². The third-order valence-electron chi connectivity index (χ3n) is 4.23. The van der Waals surface area contributed by atoms with Crippen molar-refractivity contribution in [3.63, 3.8) is 0 Å². The quantitative estimate of drug-likeness (QED) is 0.871. The fraction of sp³-hybridized carbons (Fsp3) is 0.833. The van der Waals surface area contributed by atoms with Crippen molar-refractivity contribution in [2.24, 2.45) is 5.92 Å². The summed E-state index contributed by atoms with van der Waals surface area (Å²) in [6.07, 6.45) is -0.0667. The van der Waals surface area contributed by atoms with Crippen LogP contribution < -0.4 is 10.2 Å². The summed E-state index contributed by atoms with van der Waals surface area (Å²) in [5.74, 6) is -0.239. The number of aromatic amines is 1. The van der Waals surface area contributed by atoms with Gasteiger partial charge in [-0.2, -0.15) is 18.2 Å². The van der Waals surface area contributed by atoms with Crippen LogP contribution in [-0.4, -0.2) is 40.9 Å². The maximum Gasteiger partial charge on any atom is 0.451 e. The highest BCUT2D eigenvalue weighted by atomic mass is 19.4. The van der Waals surface area contributed by atoms with Gasteiger partial charge in [0.1, 0.15) is 0 Å². The Morgan fingerprint density at radius 3 is 2.45 bits per heavy atom. The van der Waals surface area contributed by atoms with Crippen molar-refractivity contribution in [1.29, 1.82) is 0 Å². The fourth-order valence-corrected chi connectivity index (χ4v) is 3.14. The molecule has 0 aromatic carbocycles. The van der Waals surface area contributed by atoms with Gasteiger partial charge in [-0.05, 0) is 38.1 Å². The van der Waals surface area contributed by atoms with Gasteiger partial charge in [0.2, 0.25) is 11.8 Å². The van der Waals surface area contributed by atoms with Crippen LogP contribution in [0.4, 0.5) is 19.1 Å². The Labute approximate surface area is 114 Å². The largest absolute Gasteiger partial charge is 0.451 e. The van der Waals surface area contributed by atoms with E-state index in [-0.39, 0.29) is 5.95 Å². The van der Waals surface area contributed by atoms with Crippen LogP contribution in [0.25, 0.3) is 0 Å². The molecule has 3 rings (SSSR count). The first-order valence-corrected chi connectivity index (χ1v) is 7.02. The summed E-state index contributed by atoms with van der Waals surface area (Å²) < 4.78 is 37.4. The Hall–Kier alpha value is -1.31. The fourth-order valence-electron chi connectivity index (χ4n) is 3.14. The number of alkyl halides is 3. The molecule has 0 spiro atoms. The zero-order chi connectivity index (χ0) is 14.2. The Morgan fingerprint density at radius 1 is 1.15 bits per heavy atom. The summed E-state index contributed by atoms with van der Waals surface area (Å²) in [5.41, 5.74) is 0. The summed E-state index contributed by atoms with van der Waals surface area (Å²) >= 11 is 0. The van der Waals surface area contributed by atoms with Crippen molar-refractivity contribution >= 4 is 5.95 Å². The predicted molar refractivity (Wildman–Crippen MR) is 67.3 cm³/mol. The zero-order valence-corrected chi connectivity index (χ0v) is 11.1. The van der Waals surface area contributed by atoms with E-state index in [0.29, 0.717) is 12.0 Å². The average molecular weight is 289 g/mol. The van der Waals surface area contributed by atoms with Gasteiger partial charge >= 0.3 is 6.18 Å². The van der Waals surface area contributed by atoms with Crippen molar-refractivity contribution in [3.8, 4) is 0 Å². The van der Waals surface area contributed by atoms with Crippen LogP contribution in [0.1, 0.15) is 31.5 Å². The van der Waals surface area contributed by atoms with E-state index < -0.39 is 12.0 Å². The van der Waals surface area contributed by atoms with Crippen LogP contribution in [-0.2, 0) is 6.18 Å². The topological polar surface area (TPSA) is 56.8 Å². The SMILES string of the molecule is FC(F)(F)c1nc(N2CCC(C3CCCN3)CC2)n[nH]1. The lowest BCUT2D eigenvalue weighted by molar-refractivity contribution is -0.144. The third kappa shape index (κ3) is 2.74. The molecule has 0 radical (unpaired) electrons. The maximum absolute atomic E-state index is 12.5. The molecule has 1 atom stereocenters. The molecule has 1 aromatic rings. The molecular weight excluding hydrogens is 271 g/mol. The van der Waals surface area contributed by atoms with Gasteiger partial charge in [0.15, 0.2) is 0 Å². The number of hydrogen-bond acceptors (Lipinski definition) is 4. The van der Waals surface area contributed by atoms with Gasteiger partial charge in [0.25, 0.3) is 0 Å². The van der Waals surface area contributed by atoms with Crippen molar-refractivity contribution in [2.45, 2.75) is 37.9 Å². The van der Waals surface area contributed by atoms with E-state index in [1.807, 2.05) is 10.00 Å². The van der Waals surface area contributed by atoms with Gasteiger partial charge in [-0.25, -0.2) is 0 Å². The van der Waals surface area contributed by atoms with Gasteiger partial charge in [-0.3, -0.25) is 5.10 Å². The minimum absolute atomic E-state index is 0.162. The monoisotopic (exact) mass is 289 g/mol. The van der Waals surface area contributed by atoms with E-state index in [2.05, 4.69) is 15.4 Å². The van der Waals surface area contributed by atoms with E-state index in [9.17, 15) is 13.2 Å². The molecule has 2 saturated heterocycles. The molecule has 2 fully saturated rings. The van der Waals surface area contributed by atoms with E-state index in [4.69, 9.17) is 0 Å². The Kier molecular flexibility index (Phi) is 3.57. The molecule has 0 aliphatic carbocycles. The van der Waals surface area contributed by atoms with Crippen molar-refractivity contribution in [2.75, 3.05) is 24.5 Å². The highest BCUT2D eigenvalue weighted by molar-refractivity contribution is 5.29. The Bertz CT molecular complexity index is 444. The second-order valence-corrected chi connectivity index (χ2v) is 5.51. The number of halogens is 3. The molecule has 5 nitrogen and oxygen atoms in total. The van der Waals surface area contributed by atoms with Crippen LogP contribution in [0.3, 0.4) is 0 Å². The molecule has 1 unspecified atom stereocenters.